The van der Waals surface area contributed by atoms with Gasteiger partial charge in [0.1, 0.15) is 6.54 Å². The molecular formula is C27H29ClN2O5S. The number of aryl methyl sites for hydroxylation is 2. The molecule has 0 spiro atoms. The van der Waals surface area contributed by atoms with Gasteiger partial charge in [-0.15, -0.1) is 0 Å². The molecule has 1 N–H and O–H groups in total. The highest BCUT2D eigenvalue weighted by molar-refractivity contribution is 7.92. The number of sulfonamides is 1. The third-order valence-electron chi connectivity index (χ3n) is 6.34. The number of ether oxygens (including phenoxy) is 2. The summed E-state index contributed by atoms with van der Waals surface area (Å²) in [6.07, 6.45) is 3.27. The van der Waals surface area contributed by atoms with E-state index in [9.17, 15) is 13.2 Å². The number of carbonyl (C=O) groups excluding carboxylic acids is 1. The van der Waals surface area contributed by atoms with E-state index in [1.54, 1.807) is 24.3 Å². The SMILES string of the molecule is COc1ccc(S(=O)(=O)N(CC(=O)N[C@@H](C)c2ccc3c(c2)CCC3)c2ccc(Cl)cc2)cc1OC. The molecule has 0 radical (unpaired) electrons. The lowest BCUT2D eigenvalue weighted by atomic mass is 10.0. The van der Waals surface area contributed by atoms with Crippen LogP contribution in [0, 0.1) is 0 Å². The Bertz CT molecular complexity index is 1360. The Morgan fingerprint density at radius 2 is 1.67 bits per heavy atom. The van der Waals surface area contributed by atoms with Crippen molar-refractivity contribution in [2.24, 2.45) is 0 Å². The maximum absolute atomic E-state index is 13.7. The first-order valence-corrected chi connectivity index (χ1v) is 13.5. The third-order valence-corrected chi connectivity index (χ3v) is 8.37. The maximum atomic E-state index is 13.7. The number of hydrogen-bond donors (Lipinski definition) is 1. The molecule has 0 saturated carbocycles. The van der Waals surface area contributed by atoms with Crippen LogP contribution in [0.15, 0.2) is 65.6 Å². The van der Waals surface area contributed by atoms with E-state index in [0.29, 0.717) is 16.5 Å². The van der Waals surface area contributed by atoms with Crippen LogP contribution in [0.3, 0.4) is 0 Å². The van der Waals surface area contributed by atoms with Gasteiger partial charge in [-0.1, -0.05) is 29.8 Å². The van der Waals surface area contributed by atoms with E-state index in [0.717, 1.165) is 29.1 Å². The summed E-state index contributed by atoms with van der Waals surface area (Å²) in [6.45, 7) is 1.48. The van der Waals surface area contributed by atoms with Crippen molar-refractivity contribution < 1.29 is 22.7 Å². The van der Waals surface area contributed by atoms with Gasteiger partial charge >= 0.3 is 0 Å². The molecule has 0 saturated heterocycles. The molecule has 1 amide bonds. The summed E-state index contributed by atoms with van der Waals surface area (Å²) in [5.74, 6) is 0.238. The van der Waals surface area contributed by atoms with Crippen LogP contribution >= 0.6 is 11.6 Å². The van der Waals surface area contributed by atoms with Crippen molar-refractivity contribution in [3.63, 3.8) is 0 Å². The van der Waals surface area contributed by atoms with Gasteiger partial charge < -0.3 is 14.8 Å². The van der Waals surface area contributed by atoms with E-state index in [1.807, 2.05) is 13.0 Å². The van der Waals surface area contributed by atoms with Crippen LogP contribution in [0.5, 0.6) is 11.5 Å². The van der Waals surface area contributed by atoms with Crippen LogP contribution in [0.4, 0.5) is 5.69 Å². The van der Waals surface area contributed by atoms with Gasteiger partial charge in [0.2, 0.25) is 5.91 Å². The highest BCUT2D eigenvalue weighted by atomic mass is 35.5. The number of fused-ring (bicyclic) bond motifs is 1. The van der Waals surface area contributed by atoms with E-state index in [2.05, 4.69) is 17.4 Å². The Kier molecular flexibility index (Phi) is 7.76. The molecule has 3 aromatic carbocycles. The lowest BCUT2D eigenvalue weighted by molar-refractivity contribution is -0.120. The van der Waals surface area contributed by atoms with Crippen LogP contribution in [0.1, 0.15) is 36.1 Å². The number of halogens is 1. The van der Waals surface area contributed by atoms with Gasteiger partial charge in [-0.3, -0.25) is 9.10 Å². The summed E-state index contributed by atoms with van der Waals surface area (Å²) in [6, 6.07) is 16.6. The van der Waals surface area contributed by atoms with Crippen LogP contribution in [-0.4, -0.2) is 35.1 Å². The van der Waals surface area contributed by atoms with E-state index < -0.39 is 22.5 Å². The first kappa shape index (κ1) is 25.9. The summed E-state index contributed by atoms with van der Waals surface area (Å²) in [5.41, 5.74) is 3.97. The summed E-state index contributed by atoms with van der Waals surface area (Å²) in [5, 5.41) is 3.40. The number of nitrogens with one attached hydrogen (secondary N) is 1. The van der Waals surface area contributed by atoms with Gasteiger partial charge in [0.15, 0.2) is 11.5 Å². The van der Waals surface area contributed by atoms with Crippen LogP contribution in [0.2, 0.25) is 5.02 Å². The smallest absolute Gasteiger partial charge is 0.264 e. The molecule has 7 nitrogen and oxygen atoms in total. The molecule has 0 bridgehead atoms. The van der Waals surface area contributed by atoms with Crippen LogP contribution < -0.4 is 19.1 Å². The first-order chi connectivity index (χ1) is 17.2. The molecule has 4 rings (SSSR count). The predicted molar refractivity (Wildman–Crippen MR) is 141 cm³/mol. The Morgan fingerprint density at radius 3 is 2.36 bits per heavy atom. The zero-order chi connectivity index (χ0) is 25.9. The van der Waals surface area contributed by atoms with Crippen LogP contribution in [-0.2, 0) is 27.7 Å². The van der Waals surface area contributed by atoms with Crippen molar-refractivity contribution in [2.75, 3.05) is 25.1 Å². The van der Waals surface area contributed by atoms with Gasteiger partial charge in [0, 0.05) is 11.1 Å². The number of nitrogens with zero attached hydrogens (tertiary/aromatic N) is 1. The second kappa shape index (κ2) is 10.8. The Morgan fingerprint density at radius 1 is 0.972 bits per heavy atom. The number of amides is 1. The largest absolute Gasteiger partial charge is 0.493 e. The molecule has 1 aliphatic carbocycles. The normalized spacial score (nSPS) is 13.6. The second-order valence-electron chi connectivity index (χ2n) is 8.68. The van der Waals surface area contributed by atoms with Gasteiger partial charge in [0.25, 0.3) is 10.0 Å². The number of hydrogen-bond acceptors (Lipinski definition) is 5. The van der Waals surface area contributed by atoms with Crippen molar-refractivity contribution in [3.8, 4) is 11.5 Å². The van der Waals surface area contributed by atoms with Gasteiger partial charge in [-0.05, 0) is 79.3 Å². The Balaban J connectivity index is 1.61. The van der Waals surface area contributed by atoms with E-state index in [1.165, 1.54) is 43.5 Å². The topological polar surface area (TPSA) is 84.9 Å². The maximum Gasteiger partial charge on any atom is 0.264 e. The quantitative estimate of drug-likeness (QED) is 0.426. The van der Waals surface area contributed by atoms with Crippen LogP contribution in [0.25, 0.3) is 0 Å². The molecule has 3 aromatic rings. The lowest BCUT2D eigenvalue weighted by Crippen LogP contribution is -2.41. The zero-order valence-electron chi connectivity index (χ0n) is 20.5. The average Bonchev–Trinajstić information content (AvgIpc) is 3.35. The number of rotatable bonds is 9. The summed E-state index contributed by atoms with van der Waals surface area (Å²) in [4.78, 5) is 13.1. The average molecular weight is 529 g/mol. The fourth-order valence-electron chi connectivity index (χ4n) is 4.39. The Labute approximate surface area is 217 Å². The van der Waals surface area contributed by atoms with E-state index in [4.69, 9.17) is 21.1 Å². The monoisotopic (exact) mass is 528 g/mol. The minimum Gasteiger partial charge on any atom is -0.493 e. The molecule has 9 heteroatoms. The lowest BCUT2D eigenvalue weighted by Gasteiger charge is -2.25. The zero-order valence-corrected chi connectivity index (χ0v) is 22.0. The van der Waals surface area contributed by atoms with E-state index in [-0.39, 0.29) is 16.7 Å². The predicted octanol–water partition coefficient (Wildman–Crippen LogP) is 4.92. The number of methoxy groups -OCH3 is 2. The van der Waals surface area contributed by atoms with Crippen molar-refractivity contribution in [1.29, 1.82) is 0 Å². The van der Waals surface area contributed by atoms with Crippen molar-refractivity contribution in [2.45, 2.75) is 37.1 Å². The molecule has 1 aliphatic rings. The highest BCUT2D eigenvalue weighted by Gasteiger charge is 2.29. The molecule has 0 aromatic heterocycles. The highest BCUT2D eigenvalue weighted by Crippen LogP contribution is 2.32. The Hall–Kier alpha value is -3.23. The van der Waals surface area contributed by atoms with Crippen molar-refractivity contribution in [3.05, 3.63) is 82.4 Å². The molecule has 190 valence electrons. The fourth-order valence-corrected chi connectivity index (χ4v) is 5.95. The van der Waals surface area contributed by atoms with E-state index >= 15 is 0 Å². The molecule has 36 heavy (non-hydrogen) atoms. The second-order valence-corrected chi connectivity index (χ2v) is 11.0. The molecule has 0 fully saturated rings. The molecular weight excluding hydrogens is 500 g/mol. The fraction of sp³-hybridized carbons (Fsp3) is 0.296. The minimum atomic E-state index is -4.13. The molecule has 0 aliphatic heterocycles. The molecule has 0 unspecified atom stereocenters. The van der Waals surface area contributed by atoms with Crippen molar-refractivity contribution in [1.82, 2.24) is 5.32 Å². The van der Waals surface area contributed by atoms with Gasteiger partial charge in [0.05, 0.1) is 30.8 Å². The summed E-state index contributed by atoms with van der Waals surface area (Å²) >= 11 is 6.03. The molecule has 0 heterocycles. The summed E-state index contributed by atoms with van der Waals surface area (Å²) < 4.78 is 39.0. The third kappa shape index (κ3) is 5.44. The van der Waals surface area contributed by atoms with Gasteiger partial charge in [-0.2, -0.15) is 0 Å². The summed E-state index contributed by atoms with van der Waals surface area (Å²) in [7, 11) is -1.23. The molecule has 1 atom stereocenters. The first-order valence-electron chi connectivity index (χ1n) is 11.6. The number of anilines is 1. The van der Waals surface area contributed by atoms with Crippen molar-refractivity contribution >= 4 is 33.2 Å². The minimum absolute atomic E-state index is 0.0328. The number of benzene rings is 3. The standard InChI is InChI=1S/C27H29ClN2O5S/c1-18(20-8-7-19-5-4-6-21(19)15-20)29-27(31)17-30(23-11-9-22(28)10-12-23)36(32,33)24-13-14-25(34-2)26(16-24)35-3/h7-16,18H,4-6,17H2,1-3H3,(H,29,31)/t18-/m0/s1. The van der Waals surface area contributed by atoms with Gasteiger partial charge in [-0.25, -0.2) is 8.42 Å². The number of carbonyl (C=O) groups is 1.